The van der Waals surface area contributed by atoms with Crippen LogP contribution < -0.4 is 5.32 Å². The Morgan fingerprint density at radius 3 is 2.07 bits per heavy atom. The summed E-state index contributed by atoms with van der Waals surface area (Å²) < 4.78 is 70.7. The van der Waals surface area contributed by atoms with Gasteiger partial charge in [0.1, 0.15) is 5.82 Å². The Morgan fingerprint density at radius 2 is 1.60 bits per heavy atom. The Bertz CT molecular complexity index is 1150. The number of nitrogens with zero attached hydrogens (tertiary/aromatic N) is 5. The topological polar surface area (TPSA) is 154 Å². The number of likely N-dealkylation sites (tertiary alicyclic amines) is 1. The van der Waals surface area contributed by atoms with Crippen LogP contribution >= 0.6 is 0 Å². The van der Waals surface area contributed by atoms with Gasteiger partial charge in [-0.05, 0) is 57.9 Å². The monoisotopic (exact) mass is 614 g/mol. The van der Waals surface area contributed by atoms with E-state index < -0.39 is 24.3 Å². The van der Waals surface area contributed by atoms with E-state index in [1.807, 2.05) is 31.3 Å². The van der Waals surface area contributed by atoms with Crippen molar-refractivity contribution < 1.29 is 55.4 Å². The van der Waals surface area contributed by atoms with Crippen molar-refractivity contribution >= 4 is 17.8 Å². The lowest BCUT2D eigenvalue weighted by molar-refractivity contribution is -0.193. The first kappa shape index (κ1) is 34.5. The maximum atomic E-state index is 12.6. The third-order valence-electron chi connectivity index (χ3n) is 6.64. The van der Waals surface area contributed by atoms with Crippen LogP contribution in [0.5, 0.6) is 0 Å². The first-order valence-electron chi connectivity index (χ1n) is 12.6. The molecule has 1 saturated heterocycles. The number of aliphatic carboxylic acids is 2. The predicted octanol–water partition coefficient (Wildman–Crippen LogP) is 2.66. The third-order valence-corrected chi connectivity index (χ3v) is 6.64. The van der Waals surface area contributed by atoms with E-state index in [2.05, 4.69) is 25.0 Å². The molecule has 3 N–H and O–H groups in total. The van der Waals surface area contributed by atoms with E-state index in [9.17, 15) is 31.1 Å². The van der Waals surface area contributed by atoms with Crippen molar-refractivity contribution in [1.29, 1.82) is 0 Å². The number of aryl methyl sites for hydroxylation is 1. The Morgan fingerprint density at radius 1 is 1.02 bits per heavy atom. The Hall–Kier alpha value is -3.67. The number of hydrogen-bond acceptors (Lipinski definition) is 8. The molecule has 2 aromatic rings. The van der Waals surface area contributed by atoms with Gasteiger partial charge in [0.05, 0.1) is 12.5 Å². The van der Waals surface area contributed by atoms with E-state index in [0.717, 1.165) is 64.2 Å². The average Bonchev–Trinajstić information content (AvgIpc) is 3.54. The van der Waals surface area contributed by atoms with Gasteiger partial charge in [-0.25, -0.2) is 9.59 Å². The number of carbonyl (C=O) groups excluding carboxylic acids is 1. The highest BCUT2D eigenvalue weighted by Crippen LogP contribution is 2.41. The number of likely N-dealkylation sites (N-methyl/N-ethyl adjacent to an activating group) is 1. The standard InChI is InChI=1S/C20H30N6O2.2C2HF3O2/c1-24(2)11-8-21-19(27)18-23-22-17-3-5-20(15-26(17)18)6-9-25(10-7-20)13-16-4-12-28-14-16;2*3-2(4,5)1(6)7/h4,12,14H,3,5-11,13,15H2,1-2H3,(H,21,27);2*(H,6,7). The zero-order valence-corrected chi connectivity index (χ0v) is 22.8. The van der Waals surface area contributed by atoms with Crippen molar-refractivity contribution in [2.45, 2.75) is 51.1 Å². The molecular weight excluding hydrogens is 582 g/mol. The average molecular weight is 615 g/mol. The summed E-state index contributed by atoms with van der Waals surface area (Å²) in [6.45, 7) is 5.38. The zero-order chi connectivity index (χ0) is 31.7. The van der Waals surface area contributed by atoms with E-state index >= 15 is 0 Å². The van der Waals surface area contributed by atoms with E-state index in [1.54, 1.807) is 6.26 Å². The number of fused-ring (bicyclic) bond motifs is 1. The van der Waals surface area contributed by atoms with Gasteiger partial charge in [-0.3, -0.25) is 9.69 Å². The van der Waals surface area contributed by atoms with Crippen molar-refractivity contribution in [2.24, 2.45) is 5.41 Å². The molecule has 0 bridgehead atoms. The van der Waals surface area contributed by atoms with E-state index in [0.29, 0.717) is 12.4 Å². The maximum Gasteiger partial charge on any atom is 0.490 e. The number of rotatable bonds is 6. The van der Waals surface area contributed by atoms with Crippen molar-refractivity contribution in [3.63, 3.8) is 0 Å². The van der Waals surface area contributed by atoms with Gasteiger partial charge < -0.3 is 29.4 Å². The summed E-state index contributed by atoms with van der Waals surface area (Å²) in [7, 11) is 3.99. The summed E-state index contributed by atoms with van der Waals surface area (Å²) in [5.74, 6) is -4.21. The number of carboxylic acid groups (broad SMARTS) is 2. The van der Waals surface area contributed by atoms with Gasteiger partial charge in [0.2, 0.25) is 5.82 Å². The summed E-state index contributed by atoms with van der Waals surface area (Å²) in [5.41, 5.74) is 1.48. The Labute approximate surface area is 236 Å². The van der Waals surface area contributed by atoms with Crippen LogP contribution in [0.2, 0.25) is 0 Å². The quantitative estimate of drug-likeness (QED) is 0.414. The molecule has 2 aliphatic rings. The van der Waals surface area contributed by atoms with Gasteiger partial charge in [0.15, 0.2) is 0 Å². The highest BCUT2D eigenvalue weighted by atomic mass is 19.4. The van der Waals surface area contributed by atoms with Crippen LogP contribution in [0, 0.1) is 5.41 Å². The predicted molar refractivity (Wildman–Crippen MR) is 132 cm³/mol. The molecule has 0 atom stereocenters. The molecule has 0 radical (unpaired) electrons. The SMILES string of the molecule is CN(C)CCNC(=O)c1nnc2n1CC1(CC2)CCN(Cc2ccoc2)CC1.O=C(O)C(F)(F)F.O=C(O)C(F)(F)F. The van der Waals surface area contributed by atoms with Crippen LogP contribution in [0.1, 0.15) is 41.3 Å². The molecule has 18 heteroatoms. The second-order valence-electron chi connectivity index (χ2n) is 10.1. The molecule has 0 aliphatic carbocycles. The minimum Gasteiger partial charge on any atom is -0.475 e. The largest absolute Gasteiger partial charge is 0.490 e. The van der Waals surface area contributed by atoms with Crippen LogP contribution in [0.25, 0.3) is 0 Å². The molecule has 0 aromatic carbocycles. The number of halogens is 6. The number of furan rings is 1. The highest BCUT2D eigenvalue weighted by molar-refractivity contribution is 5.90. The maximum absolute atomic E-state index is 12.6. The molecule has 4 rings (SSSR count). The van der Waals surface area contributed by atoms with Gasteiger partial charge in [-0.1, -0.05) is 0 Å². The molecule has 2 aliphatic heterocycles. The number of amides is 1. The zero-order valence-electron chi connectivity index (χ0n) is 22.8. The lowest BCUT2D eigenvalue weighted by Gasteiger charge is -2.44. The molecule has 1 amide bonds. The summed E-state index contributed by atoms with van der Waals surface area (Å²) in [6, 6.07) is 2.04. The number of piperidine rings is 1. The van der Waals surface area contributed by atoms with Crippen molar-refractivity contribution in [3.05, 3.63) is 35.8 Å². The van der Waals surface area contributed by atoms with Crippen LogP contribution in [-0.4, -0.2) is 105 Å². The van der Waals surface area contributed by atoms with E-state index in [4.69, 9.17) is 24.2 Å². The highest BCUT2D eigenvalue weighted by Gasteiger charge is 2.40. The van der Waals surface area contributed by atoms with Crippen LogP contribution in [-0.2, 0) is 29.1 Å². The van der Waals surface area contributed by atoms with Gasteiger partial charge >= 0.3 is 24.3 Å². The molecule has 2 aromatic heterocycles. The van der Waals surface area contributed by atoms with Crippen molar-refractivity contribution in [1.82, 2.24) is 29.9 Å². The Kier molecular flexibility index (Phi) is 11.9. The summed E-state index contributed by atoms with van der Waals surface area (Å²) in [4.78, 5) is 34.9. The summed E-state index contributed by atoms with van der Waals surface area (Å²) in [5, 5.41) is 25.7. The Balaban J connectivity index is 0.000000367. The van der Waals surface area contributed by atoms with Gasteiger partial charge in [0.25, 0.3) is 5.91 Å². The van der Waals surface area contributed by atoms with Crippen LogP contribution in [0.4, 0.5) is 26.3 Å². The van der Waals surface area contributed by atoms with E-state index in [1.165, 1.54) is 5.56 Å². The minimum atomic E-state index is -5.08. The van der Waals surface area contributed by atoms with Crippen LogP contribution in [0.3, 0.4) is 0 Å². The van der Waals surface area contributed by atoms with Crippen LogP contribution in [0.15, 0.2) is 23.0 Å². The molecule has 1 spiro atoms. The van der Waals surface area contributed by atoms with Gasteiger partial charge in [-0.15, -0.1) is 10.2 Å². The molecule has 4 heterocycles. The van der Waals surface area contributed by atoms with Gasteiger partial charge in [-0.2, -0.15) is 26.3 Å². The number of carboxylic acids is 2. The summed E-state index contributed by atoms with van der Waals surface area (Å²) in [6.07, 6.45) is -2.28. The fraction of sp³-hybridized carbons (Fsp3) is 0.625. The van der Waals surface area contributed by atoms with Crippen molar-refractivity contribution in [2.75, 3.05) is 40.3 Å². The van der Waals surface area contributed by atoms with Gasteiger partial charge in [0, 0.05) is 38.2 Å². The fourth-order valence-electron chi connectivity index (χ4n) is 4.35. The third kappa shape index (κ3) is 10.6. The normalized spacial score (nSPS) is 16.5. The smallest absolute Gasteiger partial charge is 0.475 e. The molecule has 0 unspecified atom stereocenters. The summed E-state index contributed by atoms with van der Waals surface area (Å²) >= 11 is 0. The molecule has 0 saturated carbocycles. The minimum absolute atomic E-state index is 0.116. The second kappa shape index (κ2) is 14.5. The van der Waals surface area contributed by atoms with Crippen molar-refractivity contribution in [3.8, 4) is 0 Å². The fourth-order valence-corrected chi connectivity index (χ4v) is 4.35. The lowest BCUT2D eigenvalue weighted by Crippen LogP contribution is -2.45. The molecular formula is C24H32F6N6O6. The second-order valence-corrected chi connectivity index (χ2v) is 10.1. The number of carbonyl (C=O) groups is 3. The van der Waals surface area contributed by atoms with E-state index in [-0.39, 0.29) is 11.3 Å². The number of hydrogen-bond donors (Lipinski definition) is 3. The molecule has 12 nitrogen and oxygen atoms in total. The number of aromatic nitrogens is 3. The molecule has 236 valence electrons. The molecule has 1 fully saturated rings. The number of nitrogens with one attached hydrogen (secondary N) is 1. The first-order chi connectivity index (χ1) is 19.4. The first-order valence-corrected chi connectivity index (χ1v) is 12.6. The lowest BCUT2D eigenvalue weighted by atomic mass is 9.73. The molecule has 42 heavy (non-hydrogen) atoms. The number of alkyl halides is 6.